The first-order chi connectivity index (χ1) is 13.6. The Hall–Kier alpha value is -1.43. The predicted octanol–water partition coefficient (Wildman–Crippen LogP) is 5.63. The van der Waals surface area contributed by atoms with Crippen LogP contribution in [0.3, 0.4) is 0 Å². The summed E-state index contributed by atoms with van der Waals surface area (Å²) in [5.41, 5.74) is 2.42. The Labute approximate surface area is 179 Å². The first-order valence-corrected chi connectivity index (χ1v) is 11.8. The molecule has 1 N–H and O–H groups in total. The first-order valence-electron chi connectivity index (χ1n) is 10.5. The van der Waals surface area contributed by atoms with E-state index in [4.69, 9.17) is 12.2 Å². The summed E-state index contributed by atoms with van der Waals surface area (Å²) in [5.74, 6) is 0.838. The molecule has 1 aromatic carbocycles. The molecule has 28 heavy (non-hydrogen) atoms. The van der Waals surface area contributed by atoms with E-state index in [1.807, 2.05) is 0 Å². The van der Waals surface area contributed by atoms with Gasteiger partial charge in [-0.2, -0.15) is 0 Å². The molecule has 1 aliphatic rings. The normalized spacial score (nSPS) is 17.4. The van der Waals surface area contributed by atoms with Gasteiger partial charge in [-0.1, -0.05) is 32.0 Å². The van der Waals surface area contributed by atoms with Gasteiger partial charge >= 0.3 is 0 Å². The van der Waals surface area contributed by atoms with Crippen molar-refractivity contribution in [1.82, 2.24) is 9.80 Å². The van der Waals surface area contributed by atoms with E-state index in [1.54, 1.807) is 11.3 Å². The van der Waals surface area contributed by atoms with Crippen LogP contribution in [0, 0.1) is 5.92 Å². The maximum absolute atomic E-state index is 5.79. The molecule has 1 saturated heterocycles. The number of nitrogens with one attached hydrogen (secondary N) is 1. The predicted molar refractivity (Wildman–Crippen MR) is 126 cm³/mol. The lowest BCUT2D eigenvalue weighted by Crippen LogP contribution is -2.39. The smallest absolute Gasteiger partial charge is 0.173 e. The van der Waals surface area contributed by atoms with Gasteiger partial charge in [-0.15, -0.1) is 11.3 Å². The molecule has 1 fully saturated rings. The van der Waals surface area contributed by atoms with Gasteiger partial charge < -0.3 is 15.1 Å². The minimum Gasteiger partial charge on any atom is -0.344 e. The number of likely N-dealkylation sites (tertiary alicyclic amines) is 1. The Morgan fingerprint density at radius 3 is 2.79 bits per heavy atom. The third-order valence-electron chi connectivity index (χ3n) is 5.47. The van der Waals surface area contributed by atoms with Crippen molar-refractivity contribution in [3.63, 3.8) is 0 Å². The number of hydrogen-bond acceptors (Lipinski definition) is 3. The van der Waals surface area contributed by atoms with E-state index in [0.717, 1.165) is 42.6 Å². The number of piperidine rings is 1. The van der Waals surface area contributed by atoms with Gasteiger partial charge in [0.1, 0.15) is 0 Å². The zero-order chi connectivity index (χ0) is 19.8. The summed E-state index contributed by atoms with van der Waals surface area (Å²) in [5, 5.41) is 6.41. The highest BCUT2D eigenvalue weighted by Crippen LogP contribution is 2.17. The highest BCUT2D eigenvalue weighted by molar-refractivity contribution is 7.80. The highest BCUT2D eigenvalue weighted by Gasteiger charge is 2.17. The number of nitrogens with zero attached hydrogens (tertiary/aromatic N) is 2. The molecular weight excluding hydrogens is 382 g/mol. The van der Waals surface area contributed by atoms with Crippen molar-refractivity contribution in [2.75, 3.05) is 31.5 Å². The van der Waals surface area contributed by atoms with Crippen LogP contribution in [0.5, 0.6) is 0 Å². The average molecular weight is 416 g/mol. The molecule has 0 aliphatic carbocycles. The summed E-state index contributed by atoms with van der Waals surface area (Å²) >= 11 is 7.59. The number of hydrogen-bond donors (Lipinski definition) is 1. The van der Waals surface area contributed by atoms with E-state index in [-0.39, 0.29) is 0 Å². The van der Waals surface area contributed by atoms with Crippen molar-refractivity contribution in [2.45, 2.75) is 46.1 Å². The molecule has 0 saturated carbocycles. The van der Waals surface area contributed by atoms with Gasteiger partial charge in [0.2, 0.25) is 0 Å². The van der Waals surface area contributed by atoms with E-state index in [2.05, 4.69) is 70.7 Å². The molecule has 0 spiro atoms. The maximum atomic E-state index is 5.79. The van der Waals surface area contributed by atoms with Gasteiger partial charge in [-0.3, -0.25) is 0 Å². The fourth-order valence-corrected chi connectivity index (χ4v) is 4.84. The molecule has 152 valence electrons. The molecule has 5 heteroatoms. The van der Waals surface area contributed by atoms with Crippen LogP contribution >= 0.6 is 23.6 Å². The van der Waals surface area contributed by atoms with Crippen LogP contribution in [-0.4, -0.2) is 41.1 Å². The van der Waals surface area contributed by atoms with Crippen molar-refractivity contribution in [3.8, 4) is 0 Å². The number of thiocarbonyl (C=S) groups is 1. The first kappa shape index (κ1) is 21.3. The third-order valence-corrected chi connectivity index (χ3v) is 6.69. The van der Waals surface area contributed by atoms with Crippen LogP contribution in [0.15, 0.2) is 41.8 Å². The Morgan fingerprint density at radius 1 is 1.29 bits per heavy atom. The quantitative estimate of drug-likeness (QED) is 0.563. The number of rotatable bonds is 8. The van der Waals surface area contributed by atoms with Gasteiger partial charge in [0.25, 0.3) is 0 Å². The van der Waals surface area contributed by atoms with Gasteiger partial charge in [0.05, 0.1) is 6.54 Å². The topological polar surface area (TPSA) is 18.5 Å². The minimum absolute atomic E-state index is 0.824. The van der Waals surface area contributed by atoms with Gasteiger partial charge in [-0.25, -0.2) is 0 Å². The molecule has 0 radical (unpaired) electrons. The molecule has 3 nitrogen and oxygen atoms in total. The Bertz CT molecular complexity index is 712. The fraction of sp³-hybridized carbons (Fsp3) is 0.522. The van der Waals surface area contributed by atoms with Crippen LogP contribution in [0.4, 0.5) is 5.69 Å². The summed E-state index contributed by atoms with van der Waals surface area (Å²) in [6.45, 7) is 10.1. The minimum atomic E-state index is 0.824. The molecule has 0 bridgehead atoms. The number of anilines is 1. The van der Waals surface area contributed by atoms with Gasteiger partial charge in [0, 0.05) is 23.7 Å². The lowest BCUT2D eigenvalue weighted by Gasteiger charge is -2.32. The van der Waals surface area contributed by atoms with Crippen LogP contribution in [-0.2, 0) is 13.0 Å². The van der Waals surface area contributed by atoms with Crippen molar-refractivity contribution in [3.05, 3.63) is 52.2 Å². The fourth-order valence-electron chi connectivity index (χ4n) is 3.84. The molecule has 0 unspecified atom stereocenters. The van der Waals surface area contributed by atoms with Crippen LogP contribution in [0.2, 0.25) is 0 Å². The lowest BCUT2D eigenvalue weighted by atomic mass is 10.0. The zero-order valence-electron chi connectivity index (χ0n) is 17.2. The Kier molecular flexibility index (Phi) is 8.31. The molecular formula is C23H33N3S2. The summed E-state index contributed by atoms with van der Waals surface area (Å²) in [7, 11) is 0. The number of benzene rings is 1. The van der Waals surface area contributed by atoms with Gasteiger partial charge in [0.15, 0.2) is 5.11 Å². The SMILES string of the molecule is CCc1ccc(NC(=S)N(CCCN2CCC[C@H](C)C2)Cc2cccs2)cc1. The summed E-state index contributed by atoms with van der Waals surface area (Å²) in [6.07, 6.45) is 4.93. The van der Waals surface area contributed by atoms with Crippen molar-refractivity contribution in [1.29, 1.82) is 0 Å². The highest BCUT2D eigenvalue weighted by atomic mass is 32.1. The van der Waals surface area contributed by atoms with Crippen molar-refractivity contribution < 1.29 is 0 Å². The van der Waals surface area contributed by atoms with E-state index in [0.29, 0.717) is 0 Å². The van der Waals surface area contributed by atoms with E-state index in [1.165, 1.54) is 42.9 Å². The lowest BCUT2D eigenvalue weighted by molar-refractivity contribution is 0.177. The van der Waals surface area contributed by atoms with Crippen molar-refractivity contribution >= 4 is 34.4 Å². The zero-order valence-corrected chi connectivity index (χ0v) is 18.8. The average Bonchev–Trinajstić information content (AvgIpc) is 3.21. The molecule has 1 aliphatic heterocycles. The number of aryl methyl sites for hydroxylation is 1. The Balaban J connectivity index is 1.56. The maximum Gasteiger partial charge on any atom is 0.173 e. The summed E-state index contributed by atoms with van der Waals surface area (Å²) in [4.78, 5) is 6.30. The second-order valence-corrected chi connectivity index (χ2v) is 9.30. The third kappa shape index (κ3) is 6.57. The number of thiophene rings is 1. The van der Waals surface area contributed by atoms with Crippen LogP contribution in [0.1, 0.15) is 43.6 Å². The second kappa shape index (κ2) is 10.9. The second-order valence-electron chi connectivity index (χ2n) is 7.88. The summed E-state index contributed by atoms with van der Waals surface area (Å²) in [6, 6.07) is 12.9. The molecule has 2 aromatic rings. The molecule has 3 rings (SSSR count). The molecule has 1 atom stereocenters. The molecule has 2 heterocycles. The van der Waals surface area contributed by atoms with Gasteiger partial charge in [-0.05, 0) is 86.1 Å². The van der Waals surface area contributed by atoms with E-state index >= 15 is 0 Å². The molecule has 1 aromatic heterocycles. The largest absolute Gasteiger partial charge is 0.344 e. The van der Waals surface area contributed by atoms with Crippen molar-refractivity contribution in [2.24, 2.45) is 5.92 Å². The van der Waals surface area contributed by atoms with E-state index < -0.39 is 0 Å². The van der Waals surface area contributed by atoms with Crippen LogP contribution in [0.25, 0.3) is 0 Å². The van der Waals surface area contributed by atoms with Crippen LogP contribution < -0.4 is 5.32 Å². The van der Waals surface area contributed by atoms with E-state index in [9.17, 15) is 0 Å². The summed E-state index contributed by atoms with van der Waals surface area (Å²) < 4.78 is 0. The Morgan fingerprint density at radius 2 is 2.11 bits per heavy atom. The molecule has 0 amide bonds. The monoisotopic (exact) mass is 415 g/mol. The standard InChI is InChI=1S/C23H33N3S2/c1-3-20-9-11-21(12-10-20)24-23(27)26(18-22-8-5-16-28-22)15-6-14-25-13-4-7-19(2)17-25/h5,8-12,16,19H,3-4,6-7,13-15,17-18H2,1-2H3,(H,24,27)/t19-/m0/s1.